The van der Waals surface area contributed by atoms with Gasteiger partial charge in [0.25, 0.3) is 5.56 Å². The van der Waals surface area contributed by atoms with Crippen LogP contribution in [0.2, 0.25) is 0 Å². The number of aliphatic hydroxyl groups excluding tert-OH is 1. The maximum Gasteiger partial charge on any atom is 0.259 e. The molecule has 15 heavy (non-hydrogen) atoms. The molecule has 2 aromatic heterocycles. The minimum Gasteiger partial charge on any atom is -0.396 e. The Balaban J connectivity index is 2.28. The minimum absolute atomic E-state index is 0.0756. The molecule has 0 saturated carbocycles. The fraction of sp³-hybridized carbons (Fsp3) is 0.364. The van der Waals surface area contributed by atoms with Gasteiger partial charge in [-0.1, -0.05) is 0 Å². The number of aliphatic hydroxyl groups is 1. The lowest BCUT2D eigenvalue weighted by molar-refractivity contribution is 0.281. The third kappa shape index (κ3) is 2.11. The molecule has 0 aliphatic rings. The number of unbranched alkanes of at least 4 members (excludes halogenated alkanes) is 1. The number of aryl methyl sites for hydroxylation is 1. The molecule has 0 bridgehead atoms. The maximum absolute atomic E-state index is 11.9. The molecule has 0 radical (unpaired) electrons. The quantitative estimate of drug-likeness (QED) is 0.804. The molecular formula is C11H13NO2S. The van der Waals surface area contributed by atoms with Crippen LogP contribution in [0.3, 0.4) is 0 Å². The van der Waals surface area contributed by atoms with Crippen LogP contribution in [0.5, 0.6) is 0 Å². The number of aromatic nitrogens is 1. The zero-order valence-electron chi connectivity index (χ0n) is 8.35. The Bertz CT molecular complexity index is 501. The van der Waals surface area contributed by atoms with Crippen molar-refractivity contribution in [3.05, 3.63) is 34.1 Å². The van der Waals surface area contributed by atoms with Crippen LogP contribution in [0, 0.1) is 0 Å². The van der Waals surface area contributed by atoms with Gasteiger partial charge in [0.15, 0.2) is 0 Å². The molecule has 0 amide bonds. The molecular weight excluding hydrogens is 210 g/mol. The third-order valence-corrected chi connectivity index (χ3v) is 3.28. The highest BCUT2D eigenvalue weighted by molar-refractivity contribution is 7.17. The summed E-state index contributed by atoms with van der Waals surface area (Å²) in [4.78, 5) is 11.9. The van der Waals surface area contributed by atoms with E-state index >= 15 is 0 Å². The molecule has 0 aromatic carbocycles. The Kier molecular flexibility index (Phi) is 3.18. The SMILES string of the molecule is O=c1c2ccsc2ccn1CCCCO. The normalized spacial score (nSPS) is 11.0. The van der Waals surface area contributed by atoms with E-state index in [9.17, 15) is 4.79 Å². The molecule has 0 aliphatic carbocycles. The second-order valence-electron chi connectivity index (χ2n) is 3.44. The summed E-state index contributed by atoms with van der Waals surface area (Å²) in [6.45, 7) is 0.876. The molecule has 2 rings (SSSR count). The zero-order valence-corrected chi connectivity index (χ0v) is 9.17. The first-order valence-electron chi connectivity index (χ1n) is 5.00. The first kappa shape index (κ1) is 10.4. The second-order valence-corrected chi connectivity index (χ2v) is 4.39. The summed E-state index contributed by atoms with van der Waals surface area (Å²) in [5, 5.41) is 11.4. The number of hydrogen-bond donors (Lipinski definition) is 1. The van der Waals surface area contributed by atoms with E-state index < -0.39 is 0 Å². The summed E-state index contributed by atoms with van der Waals surface area (Å²) >= 11 is 1.59. The third-order valence-electron chi connectivity index (χ3n) is 2.40. The largest absolute Gasteiger partial charge is 0.396 e. The number of rotatable bonds is 4. The number of hydrogen-bond acceptors (Lipinski definition) is 3. The number of fused-ring (bicyclic) bond motifs is 1. The molecule has 80 valence electrons. The summed E-state index contributed by atoms with van der Waals surface area (Å²) in [5.41, 5.74) is 0.0756. The van der Waals surface area contributed by atoms with E-state index in [2.05, 4.69) is 0 Å². The molecule has 2 aromatic rings. The van der Waals surface area contributed by atoms with Crippen molar-refractivity contribution in [2.75, 3.05) is 6.61 Å². The zero-order chi connectivity index (χ0) is 10.7. The van der Waals surface area contributed by atoms with Gasteiger partial charge >= 0.3 is 0 Å². The van der Waals surface area contributed by atoms with Gasteiger partial charge in [0.05, 0.1) is 5.39 Å². The van der Waals surface area contributed by atoms with Crippen LogP contribution >= 0.6 is 11.3 Å². The Labute approximate surface area is 91.6 Å². The van der Waals surface area contributed by atoms with Crippen LogP contribution in [0.1, 0.15) is 12.8 Å². The van der Waals surface area contributed by atoms with E-state index in [1.165, 1.54) is 0 Å². The Morgan fingerprint density at radius 1 is 1.33 bits per heavy atom. The lowest BCUT2D eigenvalue weighted by Gasteiger charge is -2.04. The average molecular weight is 223 g/mol. The number of thiophene rings is 1. The first-order valence-corrected chi connectivity index (χ1v) is 5.88. The molecule has 2 heterocycles. The average Bonchev–Trinajstić information content (AvgIpc) is 2.70. The molecule has 1 N–H and O–H groups in total. The molecule has 0 atom stereocenters. The van der Waals surface area contributed by atoms with E-state index in [0.29, 0.717) is 6.54 Å². The van der Waals surface area contributed by atoms with Crippen molar-refractivity contribution in [1.82, 2.24) is 4.57 Å². The minimum atomic E-state index is 0.0756. The van der Waals surface area contributed by atoms with E-state index in [0.717, 1.165) is 22.9 Å². The summed E-state index contributed by atoms with van der Waals surface area (Å²) in [5.74, 6) is 0. The van der Waals surface area contributed by atoms with E-state index in [-0.39, 0.29) is 12.2 Å². The van der Waals surface area contributed by atoms with Gasteiger partial charge in [0.1, 0.15) is 0 Å². The van der Waals surface area contributed by atoms with Crippen molar-refractivity contribution < 1.29 is 5.11 Å². The summed E-state index contributed by atoms with van der Waals surface area (Å²) in [6.07, 6.45) is 3.42. The highest BCUT2D eigenvalue weighted by atomic mass is 32.1. The van der Waals surface area contributed by atoms with Crippen LogP contribution in [0.4, 0.5) is 0 Å². The molecule has 0 unspecified atom stereocenters. The van der Waals surface area contributed by atoms with Crippen LogP contribution in [-0.4, -0.2) is 16.3 Å². The Morgan fingerprint density at radius 3 is 3.00 bits per heavy atom. The summed E-state index contributed by atoms with van der Waals surface area (Å²) in [6, 6.07) is 3.84. The van der Waals surface area contributed by atoms with Crippen molar-refractivity contribution in [3.8, 4) is 0 Å². The topological polar surface area (TPSA) is 42.2 Å². The van der Waals surface area contributed by atoms with Crippen LogP contribution < -0.4 is 5.56 Å². The monoisotopic (exact) mass is 223 g/mol. The van der Waals surface area contributed by atoms with Crippen molar-refractivity contribution in [2.24, 2.45) is 0 Å². The van der Waals surface area contributed by atoms with Gasteiger partial charge in [-0.15, -0.1) is 11.3 Å². The predicted molar refractivity (Wildman–Crippen MR) is 62.4 cm³/mol. The van der Waals surface area contributed by atoms with Gasteiger partial charge in [-0.3, -0.25) is 4.79 Å². The van der Waals surface area contributed by atoms with Crippen LogP contribution in [0.15, 0.2) is 28.5 Å². The fourth-order valence-electron chi connectivity index (χ4n) is 1.58. The van der Waals surface area contributed by atoms with Gasteiger partial charge in [0, 0.05) is 24.0 Å². The Morgan fingerprint density at radius 2 is 2.20 bits per heavy atom. The standard InChI is InChI=1S/C11H13NO2S/c13-7-2-1-5-12-6-3-10-9(11(12)14)4-8-15-10/h3-4,6,8,13H,1-2,5,7H2. The Hall–Kier alpha value is -1.13. The van der Waals surface area contributed by atoms with Gasteiger partial charge in [0.2, 0.25) is 0 Å². The molecule has 0 spiro atoms. The summed E-state index contributed by atoms with van der Waals surface area (Å²) < 4.78 is 2.75. The lowest BCUT2D eigenvalue weighted by Crippen LogP contribution is -2.18. The number of pyridine rings is 1. The smallest absolute Gasteiger partial charge is 0.259 e. The van der Waals surface area contributed by atoms with Crippen molar-refractivity contribution >= 4 is 21.4 Å². The van der Waals surface area contributed by atoms with Crippen LogP contribution in [-0.2, 0) is 6.54 Å². The number of nitrogens with zero attached hydrogens (tertiary/aromatic N) is 1. The molecule has 0 aliphatic heterocycles. The highest BCUT2D eigenvalue weighted by Gasteiger charge is 2.02. The second kappa shape index (κ2) is 4.59. The molecule has 4 heteroatoms. The van der Waals surface area contributed by atoms with Gasteiger partial charge < -0.3 is 9.67 Å². The van der Waals surface area contributed by atoms with Gasteiger partial charge in [-0.2, -0.15) is 0 Å². The van der Waals surface area contributed by atoms with Gasteiger partial charge in [-0.25, -0.2) is 0 Å². The highest BCUT2D eigenvalue weighted by Crippen LogP contribution is 2.16. The predicted octanol–water partition coefficient (Wildman–Crippen LogP) is 1.84. The van der Waals surface area contributed by atoms with Crippen molar-refractivity contribution in [1.29, 1.82) is 0 Å². The first-order chi connectivity index (χ1) is 7.33. The van der Waals surface area contributed by atoms with Gasteiger partial charge in [-0.05, 0) is 30.4 Å². The van der Waals surface area contributed by atoms with E-state index in [1.807, 2.05) is 23.7 Å². The van der Waals surface area contributed by atoms with E-state index in [4.69, 9.17) is 5.11 Å². The molecule has 3 nitrogen and oxygen atoms in total. The van der Waals surface area contributed by atoms with Crippen molar-refractivity contribution in [3.63, 3.8) is 0 Å². The lowest BCUT2D eigenvalue weighted by atomic mass is 10.3. The maximum atomic E-state index is 11.9. The van der Waals surface area contributed by atoms with E-state index in [1.54, 1.807) is 15.9 Å². The molecule has 0 saturated heterocycles. The molecule has 0 fully saturated rings. The summed E-state index contributed by atoms with van der Waals surface area (Å²) in [7, 11) is 0. The fourth-order valence-corrected chi connectivity index (χ4v) is 2.35. The van der Waals surface area contributed by atoms with Crippen LogP contribution in [0.25, 0.3) is 10.1 Å². The van der Waals surface area contributed by atoms with Crippen molar-refractivity contribution in [2.45, 2.75) is 19.4 Å².